The molecule has 18 heavy (non-hydrogen) atoms. The van der Waals surface area contributed by atoms with Crippen LogP contribution in [0.1, 0.15) is 32.0 Å². The minimum absolute atomic E-state index is 0.0398. The quantitative estimate of drug-likeness (QED) is 0.917. The average molecular weight is 345 g/mol. The van der Waals surface area contributed by atoms with E-state index in [0.717, 1.165) is 25.7 Å². The Morgan fingerprint density at radius 3 is 2.83 bits per heavy atom. The Hall–Kier alpha value is -0.720. The van der Waals surface area contributed by atoms with E-state index in [-0.39, 0.29) is 5.91 Å². The van der Waals surface area contributed by atoms with Crippen LogP contribution in [0.5, 0.6) is 0 Å². The van der Waals surface area contributed by atoms with E-state index in [0.29, 0.717) is 6.54 Å². The molecule has 0 fully saturated rings. The summed E-state index contributed by atoms with van der Waals surface area (Å²) in [5.41, 5.74) is 1.09. The third-order valence-electron chi connectivity index (χ3n) is 2.43. The van der Waals surface area contributed by atoms with E-state index in [4.69, 9.17) is 0 Å². The maximum absolute atomic E-state index is 11.9. The lowest BCUT2D eigenvalue weighted by Crippen LogP contribution is -2.21. The number of rotatable bonds is 4. The molecule has 0 unspecified atom stereocenters. The molecule has 0 saturated heterocycles. The van der Waals surface area contributed by atoms with Gasteiger partial charge in [0.1, 0.15) is 5.01 Å². The van der Waals surface area contributed by atoms with Crippen LogP contribution in [-0.4, -0.2) is 10.9 Å². The van der Waals surface area contributed by atoms with Crippen LogP contribution in [0.4, 0.5) is 0 Å². The first-order valence-electron chi connectivity index (χ1n) is 5.58. The summed E-state index contributed by atoms with van der Waals surface area (Å²) in [5.74, 6) is -0.0398. The Balaban J connectivity index is 1.95. The van der Waals surface area contributed by atoms with Gasteiger partial charge < -0.3 is 5.32 Å². The Morgan fingerprint density at radius 1 is 1.50 bits per heavy atom. The van der Waals surface area contributed by atoms with Gasteiger partial charge in [0.25, 0.3) is 5.91 Å². The van der Waals surface area contributed by atoms with E-state index in [2.05, 4.69) is 33.2 Å². The molecule has 96 valence electrons. The van der Waals surface area contributed by atoms with Crippen molar-refractivity contribution in [2.75, 3.05) is 0 Å². The lowest BCUT2D eigenvalue weighted by Gasteiger charge is -1.99. The number of hydrogen-bond donors (Lipinski definition) is 1. The van der Waals surface area contributed by atoms with Crippen molar-refractivity contribution in [2.45, 2.75) is 26.8 Å². The van der Waals surface area contributed by atoms with Crippen molar-refractivity contribution in [1.29, 1.82) is 0 Å². The normalized spacial score (nSPS) is 10.6. The van der Waals surface area contributed by atoms with Crippen LogP contribution in [0.3, 0.4) is 0 Å². The van der Waals surface area contributed by atoms with Crippen LogP contribution in [0.15, 0.2) is 16.0 Å². The maximum Gasteiger partial charge on any atom is 0.261 e. The molecule has 0 radical (unpaired) electrons. The number of halogens is 1. The fraction of sp³-hybridized carbons (Fsp3) is 0.333. The highest BCUT2D eigenvalue weighted by Gasteiger charge is 2.11. The standard InChI is InChI=1S/C12H13BrN2OS2/c1-3-8-5-14-10(17-8)6-15-12(16)9-4-7(2)11(13)18-9/h4-5H,3,6H2,1-2H3,(H,15,16). The molecule has 0 saturated carbocycles. The van der Waals surface area contributed by atoms with Gasteiger partial charge in [-0.25, -0.2) is 4.98 Å². The number of hydrogen-bond acceptors (Lipinski definition) is 4. The molecule has 1 N–H and O–H groups in total. The summed E-state index contributed by atoms with van der Waals surface area (Å²) in [6, 6.07) is 1.89. The SMILES string of the molecule is CCc1cnc(CNC(=O)c2cc(C)c(Br)s2)s1. The molecule has 0 aliphatic carbocycles. The van der Waals surface area contributed by atoms with Crippen LogP contribution < -0.4 is 5.32 Å². The number of nitrogens with zero attached hydrogens (tertiary/aromatic N) is 1. The zero-order valence-electron chi connectivity index (χ0n) is 10.1. The summed E-state index contributed by atoms with van der Waals surface area (Å²) in [6.07, 6.45) is 2.86. The Morgan fingerprint density at radius 2 is 2.28 bits per heavy atom. The fourth-order valence-corrected chi connectivity index (χ4v) is 3.66. The van der Waals surface area contributed by atoms with Crippen LogP contribution in [-0.2, 0) is 13.0 Å². The predicted molar refractivity (Wildman–Crippen MR) is 79.4 cm³/mol. The van der Waals surface area contributed by atoms with Crippen LogP contribution in [0.2, 0.25) is 0 Å². The fourth-order valence-electron chi connectivity index (χ4n) is 1.41. The highest BCUT2D eigenvalue weighted by Crippen LogP contribution is 2.27. The second-order valence-electron chi connectivity index (χ2n) is 3.82. The Labute approximate surface area is 122 Å². The second kappa shape index (κ2) is 5.95. The van der Waals surface area contributed by atoms with Crippen molar-refractivity contribution >= 4 is 44.5 Å². The van der Waals surface area contributed by atoms with Crippen molar-refractivity contribution in [3.63, 3.8) is 0 Å². The monoisotopic (exact) mass is 344 g/mol. The summed E-state index contributed by atoms with van der Waals surface area (Å²) >= 11 is 6.52. The molecule has 1 amide bonds. The van der Waals surface area contributed by atoms with Crippen LogP contribution in [0, 0.1) is 6.92 Å². The molecule has 2 aromatic heterocycles. The van der Waals surface area contributed by atoms with E-state index >= 15 is 0 Å². The number of thiazole rings is 1. The van der Waals surface area contributed by atoms with Gasteiger partial charge in [0.2, 0.25) is 0 Å². The first-order chi connectivity index (χ1) is 8.60. The van der Waals surface area contributed by atoms with Gasteiger partial charge in [-0.05, 0) is 40.9 Å². The Kier molecular flexibility index (Phi) is 4.53. The summed E-state index contributed by atoms with van der Waals surface area (Å²) < 4.78 is 1.01. The first kappa shape index (κ1) is 13.7. The van der Waals surface area contributed by atoms with Gasteiger partial charge >= 0.3 is 0 Å². The molecular formula is C12H13BrN2OS2. The molecule has 3 nitrogen and oxygen atoms in total. The van der Waals surface area contributed by atoms with Crippen molar-refractivity contribution in [2.24, 2.45) is 0 Å². The molecule has 2 rings (SSSR count). The third-order valence-corrected chi connectivity index (χ3v) is 5.71. The van der Waals surface area contributed by atoms with Crippen molar-refractivity contribution < 1.29 is 4.79 Å². The predicted octanol–water partition coefficient (Wildman–Crippen LogP) is 3.77. The van der Waals surface area contributed by atoms with Gasteiger partial charge in [0, 0.05) is 11.1 Å². The van der Waals surface area contributed by atoms with Gasteiger partial charge in [0.15, 0.2) is 0 Å². The van der Waals surface area contributed by atoms with Gasteiger partial charge in [-0.3, -0.25) is 4.79 Å². The van der Waals surface area contributed by atoms with Crippen molar-refractivity contribution in [3.05, 3.63) is 36.4 Å². The molecule has 0 spiro atoms. The Bertz CT molecular complexity index is 543. The number of aromatic nitrogens is 1. The van der Waals surface area contributed by atoms with Gasteiger partial charge in [-0.15, -0.1) is 22.7 Å². The lowest BCUT2D eigenvalue weighted by molar-refractivity contribution is 0.0955. The van der Waals surface area contributed by atoms with E-state index in [1.54, 1.807) is 11.3 Å². The average Bonchev–Trinajstić information content (AvgIpc) is 2.94. The molecule has 6 heteroatoms. The number of thiophene rings is 1. The summed E-state index contributed by atoms with van der Waals surface area (Å²) in [5, 5.41) is 3.84. The van der Waals surface area contributed by atoms with E-state index in [1.807, 2.05) is 19.2 Å². The second-order valence-corrected chi connectivity index (χ2v) is 7.39. The summed E-state index contributed by atoms with van der Waals surface area (Å²) in [7, 11) is 0. The lowest BCUT2D eigenvalue weighted by atomic mass is 10.3. The zero-order chi connectivity index (χ0) is 13.1. The van der Waals surface area contributed by atoms with Crippen LogP contribution >= 0.6 is 38.6 Å². The maximum atomic E-state index is 11.9. The summed E-state index contributed by atoms with van der Waals surface area (Å²) in [4.78, 5) is 18.2. The molecule has 0 atom stereocenters. The molecule has 0 aliphatic heterocycles. The molecular weight excluding hydrogens is 332 g/mol. The smallest absolute Gasteiger partial charge is 0.261 e. The third kappa shape index (κ3) is 3.18. The molecule has 0 aromatic carbocycles. The highest BCUT2D eigenvalue weighted by molar-refractivity contribution is 9.11. The topological polar surface area (TPSA) is 42.0 Å². The molecule has 2 heterocycles. The number of carbonyl (C=O) groups excluding carboxylic acids is 1. The van der Waals surface area contributed by atoms with Gasteiger partial charge in [-0.2, -0.15) is 0 Å². The number of carbonyl (C=O) groups is 1. The largest absolute Gasteiger partial charge is 0.345 e. The summed E-state index contributed by atoms with van der Waals surface area (Å²) in [6.45, 7) is 4.58. The molecule has 0 aliphatic rings. The van der Waals surface area contributed by atoms with Crippen molar-refractivity contribution in [3.8, 4) is 0 Å². The zero-order valence-corrected chi connectivity index (χ0v) is 13.3. The number of nitrogens with one attached hydrogen (secondary N) is 1. The number of amides is 1. The van der Waals surface area contributed by atoms with Crippen molar-refractivity contribution in [1.82, 2.24) is 10.3 Å². The van der Waals surface area contributed by atoms with Gasteiger partial charge in [0.05, 0.1) is 15.2 Å². The first-order valence-corrected chi connectivity index (χ1v) is 8.00. The van der Waals surface area contributed by atoms with E-state index < -0.39 is 0 Å². The van der Waals surface area contributed by atoms with E-state index in [1.165, 1.54) is 16.2 Å². The van der Waals surface area contributed by atoms with Crippen LogP contribution in [0.25, 0.3) is 0 Å². The highest BCUT2D eigenvalue weighted by atomic mass is 79.9. The molecule has 2 aromatic rings. The minimum Gasteiger partial charge on any atom is -0.345 e. The van der Waals surface area contributed by atoms with Gasteiger partial charge in [-0.1, -0.05) is 6.92 Å². The molecule has 0 bridgehead atoms. The van der Waals surface area contributed by atoms with E-state index in [9.17, 15) is 4.79 Å². The minimum atomic E-state index is -0.0398. The number of aryl methyl sites for hydroxylation is 2.